The molecule has 0 amide bonds. The van der Waals surface area contributed by atoms with Crippen LogP contribution in [0.3, 0.4) is 0 Å². The second-order valence-electron chi connectivity index (χ2n) is 11.9. The monoisotopic (exact) mass is 644 g/mol. The number of hydrogen-bond donors (Lipinski definition) is 0. The van der Waals surface area contributed by atoms with Crippen LogP contribution in [0.5, 0.6) is 0 Å². The largest absolute Gasteiger partial charge is 0.248 e. The maximum absolute atomic E-state index is 5.28. The minimum atomic E-state index is 0.630. The van der Waals surface area contributed by atoms with Gasteiger partial charge in [0.2, 0.25) is 0 Å². The van der Waals surface area contributed by atoms with Gasteiger partial charge in [-0.05, 0) is 41.5 Å². The van der Waals surface area contributed by atoms with Gasteiger partial charge in [-0.25, -0.2) is 19.9 Å². The number of fused-ring (bicyclic) bond motifs is 3. The first kappa shape index (κ1) is 28.9. The number of hydrogen-bond acceptors (Lipinski definition) is 5. The van der Waals surface area contributed by atoms with Crippen LogP contribution in [0.1, 0.15) is 0 Å². The summed E-state index contributed by atoms with van der Waals surface area (Å²) in [5, 5.41) is 2.32. The molecule has 9 rings (SSSR count). The molecular weight excluding hydrogens is 617 g/mol. The summed E-state index contributed by atoms with van der Waals surface area (Å²) in [6, 6.07) is 58.6. The molecule has 0 aliphatic carbocycles. The molecule has 0 saturated carbocycles. The van der Waals surface area contributed by atoms with Crippen LogP contribution < -0.4 is 0 Å². The van der Waals surface area contributed by atoms with Crippen molar-refractivity contribution in [3.63, 3.8) is 0 Å². The zero-order valence-corrected chi connectivity index (χ0v) is 27.2. The van der Waals surface area contributed by atoms with Crippen molar-refractivity contribution in [2.75, 3.05) is 0 Å². The molecule has 0 fully saturated rings. The molecule has 0 atom stereocenters. The van der Waals surface area contributed by atoms with E-state index < -0.39 is 0 Å². The highest BCUT2D eigenvalue weighted by molar-refractivity contribution is 7.26. The van der Waals surface area contributed by atoms with E-state index in [-0.39, 0.29) is 0 Å². The van der Waals surface area contributed by atoms with Gasteiger partial charge < -0.3 is 0 Å². The summed E-state index contributed by atoms with van der Waals surface area (Å²) in [6.07, 6.45) is 0. The van der Waals surface area contributed by atoms with Gasteiger partial charge >= 0.3 is 0 Å². The smallest absolute Gasteiger partial charge is 0.164 e. The summed E-state index contributed by atoms with van der Waals surface area (Å²) in [4.78, 5) is 20.6. The van der Waals surface area contributed by atoms with Gasteiger partial charge in [-0.15, -0.1) is 11.3 Å². The first-order valence-electron chi connectivity index (χ1n) is 16.2. The molecule has 4 nitrogen and oxygen atoms in total. The lowest BCUT2D eigenvalue weighted by Crippen LogP contribution is -2.00. The van der Waals surface area contributed by atoms with E-state index in [0.29, 0.717) is 17.5 Å². The fourth-order valence-corrected chi connectivity index (χ4v) is 7.51. The molecule has 0 unspecified atom stereocenters. The van der Waals surface area contributed by atoms with Crippen molar-refractivity contribution in [1.82, 2.24) is 19.9 Å². The molecule has 0 bridgehead atoms. The van der Waals surface area contributed by atoms with Crippen LogP contribution in [0.4, 0.5) is 0 Å². The van der Waals surface area contributed by atoms with Gasteiger partial charge in [-0.1, -0.05) is 140 Å². The second kappa shape index (κ2) is 12.4. The van der Waals surface area contributed by atoms with Gasteiger partial charge in [-0.2, -0.15) is 0 Å². The van der Waals surface area contributed by atoms with E-state index in [1.807, 2.05) is 72.8 Å². The topological polar surface area (TPSA) is 51.6 Å². The van der Waals surface area contributed by atoms with Gasteiger partial charge in [0, 0.05) is 48.0 Å². The van der Waals surface area contributed by atoms with Gasteiger partial charge in [-0.3, -0.25) is 0 Å². The summed E-state index contributed by atoms with van der Waals surface area (Å²) in [6.45, 7) is 0. The Morgan fingerprint density at radius 2 is 0.816 bits per heavy atom. The summed E-state index contributed by atoms with van der Waals surface area (Å²) >= 11 is 1.78. The van der Waals surface area contributed by atoms with Crippen LogP contribution in [0.15, 0.2) is 170 Å². The number of benzene rings is 6. The van der Waals surface area contributed by atoms with Crippen LogP contribution in [-0.4, -0.2) is 19.9 Å². The Labute approximate surface area is 288 Å². The Bertz CT molecular complexity index is 2470. The maximum atomic E-state index is 5.28. The molecule has 0 N–H and O–H groups in total. The molecule has 0 saturated heterocycles. The first-order valence-corrected chi connectivity index (χ1v) is 17.0. The average molecular weight is 645 g/mol. The van der Waals surface area contributed by atoms with Crippen LogP contribution in [0.2, 0.25) is 0 Å². The van der Waals surface area contributed by atoms with E-state index in [1.54, 1.807) is 11.3 Å². The third kappa shape index (κ3) is 5.56. The predicted octanol–water partition coefficient (Wildman–Crippen LogP) is 11.6. The Morgan fingerprint density at radius 3 is 1.43 bits per heavy atom. The molecule has 0 aliphatic rings. The lowest BCUT2D eigenvalue weighted by molar-refractivity contribution is 1.08. The van der Waals surface area contributed by atoms with E-state index in [2.05, 4.69) is 97.1 Å². The fraction of sp³-hybridized carbons (Fsp3) is 0. The highest BCUT2D eigenvalue weighted by atomic mass is 32.1. The van der Waals surface area contributed by atoms with Crippen molar-refractivity contribution >= 4 is 31.5 Å². The normalized spacial score (nSPS) is 11.3. The molecule has 6 aromatic carbocycles. The Morgan fingerprint density at radius 1 is 0.327 bits per heavy atom. The van der Waals surface area contributed by atoms with Crippen molar-refractivity contribution in [3.05, 3.63) is 170 Å². The quantitative estimate of drug-likeness (QED) is 0.181. The minimum absolute atomic E-state index is 0.630. The van der Waals surface area contributed by atoms with Crippen LogP contribution in [0, 0.1) is 0 Å². The number of aromatic nitrogens is 4. The van der Waals surface area contributed by atoms with Gasteiger partial charge in [0.05, 0.1) is 11.4 Å². The van der Waals surface area contributed by atoms with Gasteiger partial charge in [0.1, 0.15) is 0 Å². The minimum Gasteiger partial charge on any atom is -0.248 e. The molecule has 5 heteroatoms. The molecule has 230 valence electrons. The molecular formula is C44H28N4S. The number of thiophene rings is 1. The van der Waals surface area contributed by atoms with Crippen LogP contribution in [0.25, 0.3) is 88.0 Å². The maximum Gasteiger partial charge on any atom is 0.164 e. The zero-order chi connectivity index (χ0) is 32.6. The Hall–Kier alpha value is -6.30. The van der Waals surface area contributed by atoms with Crippen LogP contribution in [-0.2, 0) is 0 Å². The van der Waals surface area contributed by atoms with Gasteiger partial charge in [0.25, 0.3) is 0 Å². The van der Waals surface area contributed by atoms with E-state index in [1.165, 1.54) is 10.1 Å². The molecule has 9 aromatic rings. The van der Waals surface area contributed by atoms with Crippen molar-refractivity contribution in [1.29, 1.82) is 0 Å². The number of pyridine rings is 1. The molecule has 3 aromatic heterocycles. The van der Waals surface area contributed by atoms with E-state index in [4.69, 9.17) is 19.9 Å². The Kier molecular flexibility index (Phi) is 7.30. The SMILES string of the molecule is c1ccc(-c2cc(-c3ccccc3)nc(-c3cc(-c4nc(-c5ccccc5)nc(-c5ccccc5)n4)c4c(c3)sc3ccccc34)c2)cc1. The van der Waals surface area contributed by atoms with Crippen molar-refractivity contribution in [3.8, 4) is 67.8 Å². The molecule has 49 heavy (non-hydrogen) atoms. The molecule has 0 spiro atoms. The highest BCUT2D eigenvalue weighted by Gasteiger charge is 2.20. The summed E-state index contributed by atoms with van der Waals surface area (Å²) in [5.41, 5.74) is 8.98. The van der Waals surface area contributed by atoms with E-state index >= 15 is 0 Å². The second-order valence-corrected chi connectivity index (χ2v) is 13.0. The molecule has 0 aliphatic heterocycles. The Balaban J connectivity index is 1.33. The standard InChI is InChI=1S/C44H28N4S/c1-5-15-29(16-6-1)33-26-37(30-17-7-2-8-18-30)45-38(27-33)34-25-36(41-35-23-13-14-24-39(35)49-40(41)28-34)44-47-42(31-19-9-3-10-20-31)46-43(48-44)32-21-11-4-12-22-32/h1-28H. The van der Waals surface area contributed by atoms with Gasteiger partial charge in [0.15, 0.2) is 17.5 Å². The van der Waals surface area contributed by atoms with E-state index in [0.717, 1.165) is 60.4 Å². The highest BCUT2D eigenvalue weighted by Crippen LogP contribution is 2.43. The average Bonchev–Trinajstić information content (AvgIpc) is 3.57. The molecule has 0 radical (unpaired) electrons. The van der Waals surface area contributed by atoms with Crippen molar-refractivity contribution < 1.29 is 0 Å². The van der Waals surface area contributed by atoms with Crippen LogP contribution >= 0.6 is 11.3 Å². The van der Waals surface area contributed by atoms with Crippen molar-refractivity contribution in [2.45, 2.75) is 0 Å². The van der Waals surface area contributed by atoms with Crippen molar-refractivity contribution in [2.24, 2.45) is 0 Å². The lowest BCUT2D eigenvalue weighted by atomic mass is 9.97. The summed E-state index contributed by atoms with van der Waals surface area (Å²) < 4.78 is 2.37. The fourth-order valence-electron chi connectivity index (χ4n) is 6.34. The summed E-state index contributed by atoms with van der Waals surface area (Å²) in [5.74, 6) is 1.90. The third-order valence-corrected chi connectivity index (χ3v) is 9.83. The third-order valence-electron chi connectivity index (χ3n) is 8.72. The lowest BCUT2D eigenvalue weighted by Gasteiger charge is -2.13. The first-order chi connectivity index (χ1) is 24.3. The summed E-state index contributed by atoms with van der Waals surface area (Å²) in [7, 11) is 0. The predicted molar refractivity (Wildman–Crippen MR) is 203 cm³/mol. The zero-order valence-electron chi connectivity index (χ0n) is 26.4. The van der Waals surface area contributed by atoms with E-state index in [9.17, 15) is 0 Å². The molecule has 3 heterocycles. The number of rotatable bonds is 6. The number of nitrogens with zero attached hydrogens (tertiary/aromatic N) is 4.